The summed E-state index contributed by atoms with van der Waals surface area (Å²) in [7, 11) is 1.90. The lowest BCUT2D eigenvalue weighted by atomic mass is 9.83. The van der Waals surface area contributed by atoms with Crippen molar-refractivity contribution in [2.45, 2.75) is 25.3 Å². The van der Waals surface area contributed by atoms with Crippen LogP contribution in [0.4, 0.5) is 0 Å². The van der Waals surface area contributed by atoms with Gasteiger partial charge in [0.25, 0.3) is 0 Å². The van der Waals surface area contributed by atoms with Gasteiger partial charge in [-0.25, -0.2) is 0 Å². The van der Waals surface area contributed by atoms with E-state index in [1.165, 1.54) is 0 Å². The minimum atomic E-state index is -0.0104. The number of fused-ring (bicyclic) bond motifs is 1. The van der Waals surface area contributed by atoms with E-state index in [9.17, 15) is 14.4 Å². The molecule has 0 bridgehead atoms. The maximum atomic E-state index is 12.6. The van der Waals surface area contributed by atoms with Gasteiger partial charge in [-0.3, -0.25) is 19.3 Å². The van der Waals surface area contributed by atoms with Crippen LogP contribution in [0.3, 0.4) is 0 Å². The number of piperidine rings is 2. The lowest BCUT2D eigenvalue weighted by molar-refractivity contribution is -0.144. The molecule has 0 aromatic rings. The van der Waals surface area contributed by atoms with Gasteiger partial charge in [-0.15, -0.1) is 0 Å². The van der Waals surface area contributed by atoms with Gasteiger partial charge in [0.2, 0.25) is 17.7 Å². The highest BCUT2D eigenvalue weighted by atomic mass is 16.2. The van der Waals surface area contributed by atoms with Crippen molar-refractivity contribution in [3.05, 3.63) is 0 Å². The van der Waals surface area contributed by atoms with E-state index in [2.05, 4.69) is 10.6 Å². The highest BCUT2D eigenvalue weighted by molar-refractivity contribution is 5.82. The molecule has 3 amide bonds. The molecule has 0 saturated carbocycles. The van der Waals surface area contributed by atoms with Crippen molar-refractivity contribution < 1.29 is 14.4 Å². The third kappa shape index (κ3) is 4.30. The number of hydrogen-bond acceptors (Lipinski definition) is 5. The van der Waals surface area contributed by atoms with Crippen molar-refractivity contribution in [1.29, 1.82) is 0 Å². The van der Waals surface area contributed by atoms with Crippen molar-refractivity contribution in [2.75, 3.05) is 59.4 Å². The predicted molar refractivity (Wildman–Crippen MR) is 92.8 cm³/mol. The van der Waals surface area contributed by atoms with Crippen molar-refractivity contribution in [2.24, 2.45) is 5.92 Å². The second-order valence-electron chi connectivity index (χ2n) is 7.25. The Morgan fingerprint density at radius 2 is 2.12 bits per heavy atom. The molecule has 0 spiro atoms. The van der Waals surface area contributed by atoms with Crippen molar-refractivity contribution in [1.82, 2.24) is 25.3 Å². The molecule has 0 radical (unpaired) electrons. The number of likely N-dealkylation sites (tertiary alicyclic amines) is 2. The van der Waals surface area contributed by atoms with Crippen LogP contribution in [-0.4, -0.2) is 97.9 Å². The first-order valence-electron chi connectivity index (χ1n) is 9.29. The molecule has 0 aromatic heterocycles. The Bertz CT molecular complexity index is 526. The number of piperazine rings is 1. The summed E-state index contributed by atoms with van der Waals surface area (Å²) in [6.07, 6.45) is 2.31. The molecular formula is C17H29N5O3. The van der Waals surface area contributed by atoms with Gasteiger partial charge >= 0.3 is 0 Å². The molecule has 3 rings (SSSR count). The zero-order chi connectivity index (χ0) is 17.8. The molecule has 8 heteroatoms. The van der Waals surface area contributed by atoms with Crippen LogP contribution in [-0.2, 0) is 14.4 Å². The first kappa shape index (κ1) is 18.1. The summed E-state index contributed by atoms with van der Waals surface area (Å²) in [6, 6.07) is 0.263. The van der Waals surface area contributed by atoms with E-state index in [1.807, 2.05) is 21.7 Å². The van der Waals surface area contributed by atoms with Gasteiger partial charge in [0.05, 0.1) is 13.1 Å². The molecule has 0 aromatic carbocycles. The van der Waals surface area contributed by atoms with Gasteiger partial charge in [-0.1, -0.05) is 0 Å². The van der Waals surface area contributed by atoms with Gasteiger partial charge in [0.1, 0.15) is 0 Å². The first-order valence-corrected chi connectivity index (χ1v) is 9.29. The third-order valence-electron chi connectivity index (χ3n) is 5.58. The fourth-order valence-corrected chi connectivity index (χ4v) is 4.22. The maximum absolute atomic E-state index is 12.6. The summed E-state index contributed by atoms with van der Waals surface area (Å²) in [5, 5.41) is 5.89. The molecule has 0 aliphatic carbocycles. The second-order valence-corrected chi connectivity index (χ2v) is 7.25. The molecule has 2 N–H and O–H groups in total. The van der Waals surface area contributed by atoms with Gasteiger partial charge in [-0.05, 0) is 25.8 Å². The van der Waals surface area contributed by atoms with Crippen LogP contribution in [0.15, 0.2) is 0 Å². The SMILES string of the molecule is CNCCN1C(=O)CC[C@H]2CN(C(=O)CN3CCNC(=O)C3)CC[C@H]21. The van der Waals surface area contributed by atoms with Crippen LogP contribution < -0.4 is 10.6 Å². The standard InChI is InChI=1S/C17H29N5O3/c1-18-5-9-22-14-4-7-21(10-13(14)2-3-16(22)24)17(25)12-20-8-6-19-15(23)11-20/h13-14,18H,2-12H2,1H3,(H,19,23)/t13-,14+/m0/s1. The number of carbonyl (C=O) groups is 3. The van der Waals surface area contributed by atoms with Gasteiger partial charge < -0.3 is 20.4 Å². The first-order chi connectivity index (χ1) is 12.1. The number of carbonyl (C=O) groups excluding carboxylic acids is 3. The summed E-state index contributed by atoms with van der Waals surface area (Å²) in [5.74, 6) is 0.711. The fourth-order valence-electron chi connectivity index (χ4n) is 4.22. The lowest BCUT2D eigenvalue weighted by Crippen LogP contribution is -2.59. The zero-order valence-corrected chi connectivity index (χ0v) is 15.0. The molecule has 3 heterocycles. The van der Waals surface area contributed by atoms with Gasteiger partial charge in [0.15, 0.2) is 0 Å². The van der Waals surface area contributed by atoms with Gasteiger partial charge in [0, 0.05) is 51.7 Å². The Labute approximate surface area is 148 Å². The molecule has 140 valence electrons. The van der Waals surface area contributed by atoms with Crippen LogP contribution >= 0.6 is 0 Å². The smallest absolute Gasteiger partial charge is 0.236 e. The Hall–Kier alpha value is -1.67. The van der Waals surface area contributed by atoms with E-state index < -0.39 is 0 Å². The highest BCUT2D eigenvalue weighted by Gasteiger charge is 2.40. The summed E-state index contributed by atoms with van der Waals surface area (Å²) in [5.41, 5.74) is 0. The highest BCUT2D eigenvalue weighted by Crippen LogP contribution is 2.31. The summed E-state index contributed by atoms with van der Waals surface area (Å²) >= 11 is 0. The number of hydrogen-bond donors (Lipinski definition) is 2. The van der Waals surface area contributed by atoms with Crippen molar-refractivity contribution >= 4 is 17.7 Å². The number of amides is 3. The monoisotopic (exact) mass is 351 g/mol. The van der Waals surface area contributed by atoms with Crippen molar-refractivity contribution in [3.63, 3.8) is 0 Å². The van der Waals surface area contributed by atoms with E-state index in [0.29, 0.717) is 38.5 Å². The molecule has 2 atom stereocenters. The van der Waals surface area contributed by atoms with E-state index in [1.54, 1.807) is 0 Å². The van der Waals surface area contributed by atoms with Gasteiger partial charge in [-0.2, -0.15) is 0 Å². The average Bonchev–Trinajstić information content (AvgIpc) is 2.60. The second kappa shape index (κ2) is 8.14. The van der Waals surface area contributed by atoms with E-state index in [-0.39, 0.29) is 23.8 Å². The lowest BCUT2D eigenvalue weighted by Gasteiger charge is -2.47. The molecule has 3 saturated heterocycles. The molecule has 3 fully saturated rings. The van der Waals surface area contributed by atoms with Crippen molar-refractivity contribution in [3.8, 4) is 0 Å². The summed E-state index contributed by atoms with van der Waals surface area (Å²) in [6.45, 7) is 4.92. The minimum Gasteiger partial charge on any atom is -0.354 e. The molecule has 3 aliphatic rings. The number of nitrogens with zero attached hydrogens (tertiary/aromatic N) is 3. The third-order valence-corrected chi connectivity index (χ3v) is 5.58. The Morgan fingerprint density at radius 1 is 1.28 bits per heavy atom. The zero-order valence-electron chi connectivity index (χ0n) is 15.0. The molecule has 3 aliphatic heterocycles. The van der Waals surface area contributed by atoms with Crippen LogP contribution in [0.25, 0.3) is 0 Å². The average molecular weight is 351 g/mol. The Kier molecular flexibility index (Phi) is 5.90. The van der Waals surface area contributed by atoms with Crippen LogP contribution in [0.1, 0.15) is 19.3 Å². The Balaban J connectivity index is 1.54. The van der Waals surface area contributed by atoms with E-state index in [4.69, 9.17) is 0 Å². The quantitative estimate of drug-likeness (QED) is 0.628. The Morgan fingerprint density at radius 3 is 2.88 bits per heavy atom. The van der Waals surface area contributed by atoms with E-state index >= 15 is 0 Å². The number of nitrogens with one attached hydrogen (secondary N) is 2. The topological polar surface area (TPSA) is 85.0 Å². The van der Waals surface area contributed by atoms with Crippen LogP contribution in [0.5, 0.6) is 0 Å². The normalized spacial score (nSPS) is 27.9. The minimum absolute atomic E-state index is 0.0104. The molecule has 0 unspecified atom stereocenters. The number of rotatable bonds is 5. The summed E-state index contributed by atoms with van der Waals surface area (Å²) < 4.78 is 0. The maximum Gasteiger partial charge on any atom is 0.236 e. The summed E-state index contributed by atoms with van der Waals surface area (Å²) in [4.78, 5) is 42.2. The molecule has 25 heavy (non-hydrogen) atoms. The fraction of sp³-hybridized carbons (Fsp3) is 0.824. The van der Waals surface area contributed by atoms with Crippen LogP contribution in [0.2, 0.25) is 0 Å². The molecule has 8 nitrogen and oxygen atoms in total. The van der Waals surface area contributed by atoms with Crippen LogP contribution in [0, 0.1) is 5.92 Å². The molecular weight excluding hydrogens is 322 g/mol. The number of likely N-dealkylation sites (N-methyl/N-ethyl adjacent to an activating group) is 1. The van der Waals surface area contributed by atoms with E-state index in [0.717, 1.165) is 39.0 Å². The largest absolute Gasteiger partial charge is 0.354 e. The predicted octanol–water partition coefficient (Wildman–Crippen LogP) is -1.52.